The van der Waals surface area contributed by atoms with Crippen LogP contribution in [0.4, 0.5) is 15.8 Å². The second-order valence-electron chi connectivity index (χ2n) is 4.06. The predicted octanol–water partition coefficient (Wildman–Crippen LogP) is 3.37. The lowest BCUT2D eigenvalue weighted by Crippen LogP contribution is -2.03. The number of anilines is 2. The third-order valence-corrected chi connectivity index (χ3v) is 2.47. The fourth-order valence-corrected chi connectivity index (χ4v) is 1.65. The molecule has 0 aliphatic rings. The average Bonchev–Trinajstić information content (AvgIpc) is 2.42. The van der Waals surface area contributed by atoms with Crippen molar-refractivity contribution in [3.8, 4) is 11.8 Å². The van der Waals surface area contributed by atoms with Crippen LogP contribution in [0, 0.1) is 17.1 Å². The van der Waals surface area contributed by atoms with Crippen LogP contribution in [0.15, 0.2) is 42.5 Å². The number of carbonyl (C=O) groups is 1. The highest BCUT2D eigenvalue weighted by molar-refractivity contribution is 5.70. The van der Waals surface area contributed by atoms with Crippen molar-refractivity contribution in [3.63, 3.8) is 0 Å². The van der Waals surface area contributed by atoms with Gasteiger partial charge in [0.1, 0.15) is 0 Å². The summed E-state index contributed by atoms with van der Waals surface area (Å²) >= 11 is 0. The number of nitrogens with one attached hydrogen (secondary N) is 1. The van der Waals surface area contributed by atoms with Crippen LogP contribution in [-0.2, 0) is 4.79 Å². The van der Waals surface area contributed by atoms with Gasteiger partial charge in [0, 0.05) is 24.4 Å². The molecular weight excluding hydrogens is 259 g/mol. The van der Waals surface area contributed by atoms with E-state index in [2.05, 4.69) is 5.32 Å². The Morgan fingerprint density at radius 2 is 2.00 bits per heavy atom. The van der Waals surface area contributed by atoms with Crippen molar-refractivity contribution in [2.45, 2.75) is 6.92 Å². The smallest absolute Gasteiger partial charge is 0.308 e. The van der Waals surface area contributed by atoms with Crippen LogP contribution in [0.2, 0.25) is 0 Å². The van der Waals surface area contributed by atoms with E-state index in [1.165, 1.54) is 19.1 Å². The Balaban J connectivity index is 2.20. The molecule has 0 atom stereocenters. The average molecular weight is 270 g/mol. The van der Waals surface area contributed by atoms with Crippen LogP contribution in [0.25, 0.3) is 0 Å². The molecule has 0 bridgehead atoms. The molecule has 0 saturated carbocycles. The van der Waals surface area contributed by atoms with Gasteiger partial charge >= 0.3 is 5.97 Å². The number of nitriles is 1. The summed E-state index contributed by atoms with van der Waals surface area (Å²) in [5.74, 6) is -1.33. The number of esters is 1. The van der Waals surface area contributed by atoms with Gasteiger partial charge in [0.15, 0.2) is 11.6 Å². The number of hydrogen-bond acceptors (Lipinski definition) is 4. The SMILES string of the molecule is CC(=O)Oc1ccc(Nc2cccc(C#N)c2)cc1F. The molecule has 0 aliphatic carbocycles. The van der Waals surface area contributed by atoms with E-state index < -0.39 is 11.8 Å². The van der Waals surface area contributed by atoms with Gasteiger partial charge in [-0.05, 0) is 30.3 Å². The van der Waals surface area contributed by atoms with Crippen molar-refractivity contribution in [1.82, 2.24) is 0 Å². The molecule has 2 aromatic carbocycles. The molecular formula is C15H11FN2O2. The molecule has 0 heterocycles. The Bertz CT molecular complexity index is 693. The van der Waals surface area contributed by atoms with Gasteiger partial charge in [0.25, 0.3) is 0 Å². The van der Waals surface area contributed by atoms with Crippen LogP contribution in [0.1, 0.15) is 12.5 Å². The van der Waals surface area contributed by atoms with Crippen LogP contribution >= 0.6 is 0 Å². The van der Waals surface area contributed by atoms with Crippen LogP contribution in [0.3, 0.4) is 0 Å². The van der Waals surface area contributed by atoms with E-state index >= 15 is 0 Å². The summed E-state index contributed by atoms with van der Waals surface area (Å²) in [6.07, 6.45) is 0. The summed E-state index contributed by atoms with van der Waals surface area (Å²) in [4.78, 5) is 10.8. The molecule has 0 radical (unpaired) electrons. The molecule has 4 nitrogen and oxygen atoms in total. The van der Waals surface area contributed by atoms with E-state index in [0.717, 1.165) is 0 Å². The van der Waals surface area contributed by atoms with Gasteiger partial charge in [-0.1, -0.05) is 6.07 Å². The van der Waals surface area contributed by atoms with E-state index in [9.17, 15) is 9.18 Å². The van der Waals surface area contributed by atoms with Gasteiger partial charge in [-0.15, -0.1) is 0 Å². The van der Waals surface area contributed by atoms with Gasteiger partial charge in [0.2, 0.25) is 0 Å². The molecule has 0 aromatic heterocycles. The largest absolute Gasteiger partial charge is 0.424 e. The van der Waals surface area contributed by atoms with Crippen molar-refractivity contribution in [2.75, 3.05) is 5.32 Å². The minimum absolute atomic E-state index is 0.117. The second kappa shape index (κ2) is 5.85. The molecule has 2 rings (SSSR count). The molecule has 0 fully saturated rings. The maximum absolute atomic E-state index is 13.7. The van der Waals surface area contributed by atoms with Crippen LogP contribution in [-0.4, -0.2) is 5.97 Å². The van der Waals surface area contributed by atoms with E-state index in [0.29, 0.717) is 16.9 Å². The summed E-state index contributed by atoms with van der Waals surface area (Å²) in [6.45, 7) is 1.21. The number of rotatable bonds is 3. The zero-order valence-corrected chi connectivity index (χ0v) is 10.7. The van der Waals surface area contributed by atoms with Crippen LogP contribution < -0.4 is 10.1 Å². The van der Waals surface area contributed by atoms with Crippen molar-refractivity contribution in [3.05, 3.63) is 53.8 Å². The Labute approximate surface area is 115 Å². The first-order chi connectivity index (χ1) is 9.58. The van der Waals surface area contributed by atoms with Gasteiger partial charge < -0.3 is 10.1 Å². The number of hydrogen-bond donors (Lipinski definition) is 1. The number of ether oxygens (including phenoxy) is 1. The third-order valence-electron chi connectivity index (χ3n) is 2.47. The van der Waals surface area contributed by atoms with Crippen LogP contribution in [0.5, 0.6) is 5.75 Å². The number of halogens is 1. The zero-order valence-electron chi connectivity index (χ0n) is 10.7. The summed E-state index contributed by atoms with van der Waals surface area (Å²) < 4.78 is 18.4. The van der Waals surface area contributed by atoms with Crippen molar-refractivity contribution in [1.29, 1.82) is 5.26 Å². The van der Waals surface area contributed by atoms with E-state index in [-0.39, 0.29) is 5.75 Å². The highest BCUT2D eigenvalue weighted by atomic mass is 19.1. The lowest BCUT2D eigenvalue weighted by Gasteiger charge is -2.08. The predicted molar refractivity (Wildman–Crippen MR) is 72.1 cm³/mol. The molecule has 0 saturated heterocycles. The Morgan fingerprint density at radius 1 is 1.25 bits per heavy atom. The van der Waals surface area contributed by atoms with Crippen molar-refractivity contribution < 1.29 is 13.9 Å². The van der Waals surface area contributed by atoms with E-state index in [1.54, 1.807) is 30.3 Å². The molecule has 1 N–H and O–H groups in total. The van der Waals surface area contributed by atoms with Gasteiger partial charge in [-0.25, -0.2) is 4.39 Å². The molecule has 20 heavy (non-hydrogen) atoms. The molecule has 0 unspecified atom stereocenters. The van der Waals surface area contributed by atoms with Gasteiger partial charge in [-0.3, -0.25) is 4.79 Å². The fraction of sp³-hybridized carbons (Fsp3) is 0.0667. The maximum atomic E-state index is 13.7. The Kier molecular flexibility index (Phi) is 3.96. The van der Waals surface area contributed by atoms with E-state index in [1.807, 2.05) is 6.07 Å². The minimum Gasteiger partial charge on any atom is -0.424 e. The third kappa shape index (κ3) is 3.33. The molecule has 100 valence electrons. The molecule has 0 aliphatic heterocycles. The fourth-order valence-electron chi connectivity index (χ4n) is 1.65. The minimum atomic E-state index is -0.637. The quantitative estimate of drug-likeness (QED) is 0.686. The highest BCUT2D eigenvalue weighted by Gasteiger charge is 2.07. The van der Waals surface area contributed by atoms with Crippen molar-refractivity contribution in [2.24, 2.45) is 0 Å². The molecule has 0 spiro atoms. The summed E-state index contributed by atoms with van der Waals surface area (Å²) in [5, 5.41) is 11.8. The summed E-state index contributed by atoms with van der Waals surface area (Å²) in [5.41, 5.74) is 1.67. The lowest BCUT2D eigenvalue weighted by atomic mass is 10.2. The van der Waals surface area contributed by atoms with Crippen molar-refractivity contribution >= 4 is 17.3 Å². The first-order valence-corrected chi connectivity index (χ1v) is 5.83. The lowest BCUT2D eigenvalue weighted by molar-refractivity contribution is -0.132. The van der Waals surface area contributed by atoms with Gasteiger partial charge in [-0.2, -0.15) is 5.26 Å². The highest BCUT2D eigenvalue weighted by Crippen LogP contribution is 2.24. The monoisotopic (exact) mass is 270 g/mol. The first kappa shape index (κ1) is 13.6. The summed E-state index contributed by atoms with van der Waals surface area (Å²) in [6, 6.07) is 13.0. The number of nitrogens with zero attached hydrogens (tertiary/aromatic N) is 1. The van der Waals surface area contributed by atoms with E-state index in [4.69, 9.17) is 10.00 Å². The second-order valence-corrected chi connectivity index (χ2v) is 4.06. The molecule has 0 amide bonds. The number of carbonyl (C=O) groups excluding carboxylic acids is 1. The molecule has 5 heteroatoms. The number of benzene rings is 2. The maximum Gasteiger partial charge on any atom is 0.308 e. The zero-order chi connectivity index (χ0) is 14.5. The molecule has 2 aromatic rings. The van der Waals surface area contributed by atoms with Gasteiger partial charge in [0.05, 0.1) is 11.6 Å². The first-order valence-electron chi connectivity index (χ1n) is 5.83. The Hall–Kier alpha value is -2.87. The Morgan fingerprint density at radius 3 is 2.65 bits per heavy atom. The topological polar surface area (TPSA) is 62.1 Å². The standard InChI is InChI=1S/C15H11FN2O2/c1-10(19)20-15-6-5-13(8-14(15)16)18-12-4-2-3-11(7-12)9-17/h2-8,18H,1H3. The normalized spacial score (nSPS) is 9.65. The summed E-state index contributed by atoms with van der Waals surface area (Å²) in [7, 11) is 0.